The molecule has 0 unspecified atom stereocenters. The normalized spacial score (nSPS) is 11.6. The molecule has 2 aromatic carbocycles. The lowest BCUT2D eigenvalue weighted by Crippen LogP contribution is -2.47. The molecule has 0 radical (unpaired) electrons. The number of amides is 1. The number of benzene rings is 2. The largest absolute Gasteiger partial charge is 0.508 e. The van der Waals surface area contributed by atoms with Crippen molar-refractivity contribution < 1.29 is 19.8 Å². The maximum Gasteiger partial charge on any atom is 0.326 e. The standard InChI is InChI=1S/C27H31N3O4/c1-17-14-19(3)23(15-18(17)2)26(32)30(13-12-21-6-5-7-25(28-4)29-21)24(27(33)34)16-20-8-10-22(31)11-9-20/h5-11,14-15,24,31H,12-13,16H2,1-4H3,(H,28,29)(H,33,34)/t24-/m0/s1. The number of nitrogens with zero attached hydrogens (tertiary/aromatic N) is 2. The molecule has 1 amide bonds. The van der Waals surface area contributed by atoms with Crippen LogP contribution in [0.25, 0.3) is 0 Å². The van der Waals surface area contributed by atoms with Gasteiger partial charge >= 0.3 is 5.97 Å². The monoisotopic (exact) mass is 461 g/mol. The molecule has 1 atom stereocenters. The van der Waals surface area contributed by atoms with E-state index < -0.39 is 12.0 Å². The van der Waals surface area contributed by atoms with E-state index in [4.69, 9.17) is 0 Å². The Balaban J connectivity index is 1.97. The van der Waals surface area contributed by atoms with E-state index in [0.717, 1.165) is 27.9 Å². The smallest absolute Gasteiger partial charge is 0.326 e. The number of aromatic nitrogens is 1. The fourth-order valence-electron chi connectivity index (χ4n) is 3.92. The molecule has 7 nitrogen and oxygen atoms in total. The summed E-state index contributed by atoms with van der Waals surface area (Å²) in [7, 11) is 1.78. The molecule has 7 heteroatoms. The first kappa shape index (κ1) is 24.8. The summed E-state index contributed by atoms with van der Waals surface area (Å²) in [5, 5.41) is 22.7. The van der Waals surface area contributed by atoms with Crippen LogP contribution in [0, 0.1) is 20.8 Å². The number of phenolic OH excluding ortho intramolecular Hbond substituents is 1. The summed E-state index contributed by atoms with van der Waals surface area (Å²) in [6.07, 6.45) is 0.528. The number of rotatable bonds is 9. The van der Waals surface area contributed by atoms with E-state index in [-0.39, 0.29) is 24.6 Å². The Morgan fingerprint density at radius 3 is 2.32 bits per heavy atom. The van der Waals surface area contributed by atoms with E-state index in [2.05, 4.69) is 10.3 Å². The van der Waals surface area contributed by atoms with Gasteiger partial charge in [0.05, 0.1) is 0 Å². The van der Waals surface area contributed by atoms with Crippen LogP contribution in [-0.2, 0) is 17.6 Å². The first-order valence-electron chi connectivity index (χ1n) is 11.2. The Bertz CT molecular complexity index is 1170. The lowest BCUT2D eigenvalue weighted by molar-refractivity contribution is -0.142. The maximum absolute atomic E-state index is 13.8. The average molecular weight is 462 g/mol. The summed E-state index contributed by atoms with van der Waals surface area (Å²) in [4.78, 5) is 32.1. The summed E-state index contributed by atoms with van der Waals surface area (Å²) < 4.78 is 0. The van der Waals surface area contributed by atoms with Gasteiger partial charge in [-0.05, 0) is 73.4 Å². The number of carboxylic acid groups (broad SMARTS) is 1. The predicted molar refractivity (Wildman–Crippen MR) is 132 cm³/mol. The molecule has 0 spiro atoms. The van der Waals surface area contributed by atoms with Crippen molar-refractivity contribution >= 4 is 17.7 Å². The molecule has 1 heterocycles. The number of anilines is 1. The number of aryl methyl sites for hydroxylation is 3. The van der Waals surface area contributed by atoms with E-state index in [1.54, 1.807) is 19.2 Å². The highest BCUT2D eigenvalue weighted by atomic mass is 16.4. The van der Waals surface area contributed by atoms with Crippen LogP contribution in [0.2, 0.25) is 0 Å². The zero-order valence-corrected chi connectivity index (χ0v) is 20.0. The third kappa shape index (κ3) is 5.92. The van der Waals surface area contributed by atoms with Crippen molar-refractivity contribution in [1.29, 1.82) is 0 Å². The van der Waals surface area contributed by atoms with Gasteiger partial charge in [0.15, 0.2) is 0 Å². The van der Waals surface area contributed by atoms with Crippen LogP contribution in [0.5, 0.6) is 5.75 Å². The molecule has 3 rings (SSSR count). The Morgan fingerprint density at radius 2 is 1.68 bits per heavy atom. The fourth-order valence-corrected chi connectivity index (χ4v) is 3.92. The quantitative estimate of drug-likeness (QED) is 0.443. The molecule has 178 valence electrons. The van der Waals surface area contributed by atoms with Gasteiger partial charge in [0, 0.05) is 37.7 Å². The summed E-state index contributed by atoms with van der Waals surface area (Å²) in [5.41, 5.74) is 4.83. The number of carboxylic acids is 1. The molecule has 0 aliphatic carbocycles. The number of nitrogens with one attached hydrogen (secondary N) is 1. The Kier molecular flexibility index (Phi) is 7.89. The second kappa shape index (κ2) is 10.8. The number of aromatic hydroxyl groups is 1. The van der Waals surface area contributed by atoms with E-state index in [0.29, 0.717) is 17.8 Å². The first-order chi connectivity index (χ1) is 16.2. The Labute approximate surface area is 200 Å². The van der Waals surface area contributed by atoms with E-state index in [9.17, 15) is 19.8 Å². The van der Waals surface area contributed by atoms with Crippen LogP contribution in [-0.4, -0.2) is 51.6 Å². The van der Waals surface area contributed by atoms with Crippen LogP contribution < -0.4 is 5.32 Å². The van der Waals surface area contributed by atoms with Crippen LogP contribution in [0.3, 0.4) is 0 Å². The topological polar surface area (TPSA) is 103 Å². The first-order valence-corrected chi connectivity index (χ1v) is 11.2. The number of pyridine rings is 1. The molecular weight excluding hydrogens is 430 g/mol. The molecule has 3 aromatic rings. The number of phenols is 1. The van der Waals surface area contributed by atoms with Crippen molar-refractivity contribution in [1.82, 2.24) is 9.88 Å². The minimum Gasteiger partial charge on any atom is -0.508 e. The van der Waals surface area contributed by atoms with E-state index >= 15 is 0 Å². The summed E-state index contributed by atoms with van der Waals surface area (Å²) in [6, 6.07) is 14.7. The Hall–Kier alpha value is -3.87. The van der Waals surface area contributed by atoms with Crippen LogP contribution in [0.15, 0.2) is 54.6 Å². The van der Waals surface area contributed by atoms with Gasteiger partial charge in [-0.25, -0.2) is 9.78 Å². The zero-order chi connectivity index (χ0) is 24.8. The van der Waals surface area contributed by atoms with Crippen LogP contribution >= 0.6 is 0 Å². The van der Waals surface area contributed by atoms with E-state index in [1.165, 1.54) is 17.0 Å². The highest BCUT2D eigenvalue weighted by Gasteiger charge is 2.31. The SMILES string of the molecule is CNc1cccc(CCN(C(=O)c2cc(C)c(C)cc2C)[C@@H](Cc2ccc(O)cc2)C(=O)O)n1. The number of hydrogen-bond acceptors (Lipinski definition) is 5. The van der Waals surface area contributed by atoms with Gasteiger partial charge in [-0.15, -0.1) is 0 Å². The van der Waals surface area contributed by atoms with Gasteiger partial charge < -0.3 is 20.4 Å². The Morgan fingerprint density at radius 1 is 1.00 bits per heavy atom. The van der Waals surface area contributed by atoms with Gasteiger partial charge in [-0.2, -0.15) is 0 Å². The third-order valence-corrected chi connectivity index (χ3v) is 6.03. The minimum absolute atomic E-state index is 0.102. The summed E-state index contributed by atoms with van der Waals surface area (Å²) in [6.45, 7) is 5.99. The number of carbonyl (C=O) groups is 2. The van der Waals surface area contributed by atoms with Crippen LogP contribution in [0.1, 0.15) is 38.3 Å². The van der Waals surface area contributed by atoms with Gasteiger partial charge in [0.2, 0.25) is 0 Å². The van der Waals surface area contributed by atoms with Crippen molar-refractivity contribution in [2.45, 2.75) is 39.7 Å². The fraction of sp³-hybridized carbons (Fsp3) is 0.296. The van der Waals surface area contributed by atoms with Crippen molar-refractivity contribution in [2.75, 3.05) is 18.9 Å². The average Bonchev–Trinajstić information content (AvgIpc) is 2.81. The highest BCUT2D eigenvalue weighted by molar-refractivity contribution is 5.98. The lowest BCUT2D eigenvalue weighted by Gasteiger charge is -2.30. The molecule has 0 aliphatic rings. The second-order valence-electron chi connectivity index (χ2n) is 8.49. The summed E-state index contributed by atoms with van der Waals surface area (Å²) in [5.74, 6) is -0.597. The molecule has 0 aliphatic heterocycles. The predicted octanol–water partition coefficient (Wildman–Crippen LogP) is 4.13. The molecule has 3 N–H and O–H groups in total. The molecule has 0 saturated carbocycles. The molecule has 0 bridgehead atoms. The lowest BCUT2D eigenvalue weighted by atomic mass is 9.98. The zero-order valence-electron chi connectivity index (χ0n) is 20.0. The van der Waals surface area contributed by atoms with Crippen molar-refractivity contribution in [3.05, 3.63) is 88.1 Å². The number of carbonyl (C=O) groups excluding carboxylic acids is 1. The maximum atomic E-state index is 13.8. The third-order valence-electron chi connectivity index (χ3n) is 6.03. The van der Waals surface area contributed by atoms with Crippen molar-refractivity contribution in [3.63, 3.8) is 0 Å². The van der Waals surface area contributed by atoms with Gasteiger partial charge in [-0.3, -0.25) is 4.79 Å². The van der Waals surface area contributed by atoms with Crippen molar-refractivity contribution in [3.8, 4) is 5.75 Å². The molecular formula is C27H31N3O4. The van der Waals surface area contributed by atoms with Gasteiger partial charge in [-0.1, -0.05) is 24.3 Å². The molecule has 0 fully saturated rings. The number of hydrogen-bond donors (Lipinski definition) is 3. The van der Waals surface area contributed by atoms with Crippen LogP contribution in [0.4, 0.5) is 5.82 Å². The van der Waals surface area contributed by atoms with Gasteiger partial charge in [0.1, 0.15) is 17.6 Å². The molecule has 1 aromatic heterocycles. The highest BCUT2D eigenvalue weighted by Crippen LogP contribution is 2.21. The number of aliphatic carboxylic acids is 1. The second-order valence-corrected chi connectivity index (χ2v) is 8.49. The molecule has 34 heavy (non-hydrogen) atoms. The summed E-state index contributed by atoms with van der Waals surface area (Å²) >= 11 is 0. The van der Waals surface area contributed by atoms with Gasteiger partial charge in [0.25, 0.3) is 5.91 Å². The minimum atomic E-state index is -1.08. The van der Waals surface area contributed by atoms with Crippen molar-refractivity contribution in [2.24, 2.45) is 0 Å². The molecule has 0 saturated heterocycles. The van der Waals surface area contributed by atoms with E-state index in [1.807, 2.05) is 51.1 Å².